The Morgan fingerprint density at radius 3 is 1.48 bits per heavy atom. The van der Waals surface area contributed by atoms with Gasteiger partial charge in [-0.25, -0.2) is 0 Å². The number of benzene rings is 5. The standard InChI is InChI=1S/C29H22N2/c1-17-3-7-19(8-4-17)24-11-21-15-31-16-22-12-25(20-9-5-18(2)6-10-20)27-14-23(30)13-26(24)29(27)28(21)22/h3-16H,30H2,1-2H3. The minimum Gasteiger partial charge on any atom is -0.399 e. The predicted octanol–water partition coefficient (Wildman–Crippen LogP) is 7.51. The van der Waals surface area contributed by atoms with E-state index in [-0.39, 0.29) is 0 Å². The van der Waals surface area contributed by atoms with E-state index in [0.717, 1.165) is 16.5 Å². The lowest BCUT2D eigenvalue weighted by Gasteiger charge is -2.18. The summed E-state index contributed by atoms with van der Waals surface area (Å²) in [5, 5.41) is 7.22. The Morgan fingerprint density at radius 1 is 0.581 bits per heavy atom. The van der Waals surface area contributed by atoms with E-state index in [1.54, 1.807) is 0 Å². The first-order chi connectivity index (χ1) is 15.1. The molecule has 1 aromatic heterocycles. The fraction of sp³-hybridized carbons (Fsp3) is 0.0690. The van der Waals surface area contributed by atoms with Gasteiger partial charge < -0.3 is 5.73 Å². The molecule has 2 N–H and O–H groups in total. The molecule has 6 aromatic rings. The lowest BCUT2D eigenvalue weighted by molar-refractivity contribution is 1.38. The summed E-state index contributed by atoms with van der Waals surface area (Å²) in [5.74, 6) is 0. The van der Waals surface area contributed by atoms with Gasteiger partial charge in [-0.15, -0.1) is 0 Å². The van der Waals surface area contributed by atoms with E-state index < -0.39 is 0 Å². The molecule has 0 fully saturated rings. The summed E-state index contributed by atoms with van der Waals surface area (Å²) in [6.07, 6.45) is 3.95. The van der Waals surface area contributed by atoms with Gasteiger partial charge in [0.05, 0.1) is 0 Å². The minimum atomic E-state index is 0.783. The van der Waals surface area contributed by atoms with Crippen LogP contribution in [-0.4, -0.2) is 4.98 Å². The van der Waals surface area contributed by atoms with Crippen molar-refractivity contribution in [3.05, 3.63) is 96.3 Å². The third kappa shape index (κ3) is 2.76. The topological polar surface area (TPSA) is 38.9 Å². The molecule has 2 heteroatoms. The van der Waals surface area contributed by atoms with Crippen LogP contribution in [0.15, 0.2) is 85.2 Å². The second kappa shape index (κ2) is 6.55. The molecule has 148 valence electrons. The molecule has 0 amide bonds. The van der Waals surface area contributed by atoms with Gasteiger partial charge in [0.1, 0.15) is 0 Å². The van der Waals surface area contributed by atoms with Crippen LogP contribution >= 0.6 is 0 Å². The molecule has 0 bridgehead atoms. The summed E-state index contributed by atoms with van der Waals surface area (Å²) >= 11 is 0. The molecule has 2 nitrogen and oxygen atoms in total. The molecule has 31 heavy (non-hydrogen) atoms. The van der Waals surface area contributed by atoms with Crippen LogP contribution in [0, 0.1) is 13.8 Å². The van der Waals surface area contributed by atoms with Gasteiger partial charge in [0.25, 0.3) is 0 Å². The van der Waals surface area contributed by atoms with E-state index in [4.69, 9.17) is 5.73 Å². The van der Waals surface area contributed by atoms with Crippen LogP contribution in [0.2, 0.25) is 0 Å². The molecule has 6 rings (SSSR count). The van der Waals surface area contributed by atoms with Crippen molar-refractivity contribution < 1.29 is 0 Å². The van der Waals surface area contributed by atoms with Gasteiger partial charge in [-0.05, 0) is 76.5 Å². The maximum absolute atomic E-state index is 6.46. The van der Waals surface area contributed by atoms with Gasteiger partial charge in [0, 0.05) is 34.2 Å². The first-order valence-corrected chi connectivity index (χ1v) is 10.6. The Kier molecular flexibility index (Phi) is 3.78. The summed E-state index contributed by atoms with van der Waals surface area (Å²) in [6, 6.07) is 26.2. The number of hydrogen-bond acceptors (Lipinski definition) is 2. The van der Waals surface area contributed by atoms with Crippen molar-refractivity contribution in [2.45, 2.75) is 13.8 Å². The molecule has 0 radical (unpaired) electrons. The maximum Gasteiger partial charge on any atom is 0.0347 e. The van der Waals surface area contributed by atoms with Crippen LogP contribution in [0.1, 0.15) is 11.1 Å². The maximum atomic E-state index is 6.46. The van der Waals surface area contributed by atoms with E-state index in [1.165, 1.54) is 54.9 Å². The highest BCUT2D eigenvalue weighted by Gasteiger charge is 2.17. The van der Waals surface area contributed by atoms with Crippen molar-refractivity contribution in [3.8, 4) is 22.3 Å². The molecule has 5 aromatic carbocycles. The number of nitrogens with two attached hydrogens (primary N) is 1. The van der Waals surface area contributed by atoms with Gasteiger partial charge in [-0.2, -0.15) is 0 Å². The highest BCUT2D eigenvalue weighted by Crippen LogP contribution is 2.44. The summed E-state index contributed by atoms with van der Waals surface area (Å²) < 4.78 is 0. The van der Waals surface area contributed by atoms with Gasteiger partial charge in [-0.3, -0.25) is 4.98 Å². The van der Waals surface area contributed by atoms with Crippen molar-refractivity contribution in [2.24, 2.45) is 0 Å². The van der Waals surface area contributed by atoms with E-state index in [1.807, 2.05) is 12.4 Å². The van der Waals surface area contributed by atoms with Crippen LogP contribution in [0.5, 0.6) is 0 Å². The van der Waals surface area contributed by atoms with E-state index >= 15 is 0 Å². The summed E-state index contributed by atoms with van der Waals surface area (Å²) in [6.45, 7) is 4.23. The average Bonchev–Trinajstić information content (AvgIpc) is 2.78. The largest absolute Gasteiger partial charge is 0.399 e. The highest BCUT2D eigenvalue weighted by atomic mass is 14.6. The fourth-order valence-corrected chi connectivity index (χ4v) is 4.77. The quantitative estimate of drug-likeness (QED) is 0.242. The van der Waals surface area contributed by atoms with Crippen molar-refractivity contribution in [3.63, 3.8) is 0 Å². The number of anilines is 1. The molecule has 1 heterocycles. The number of nitrogens with zero attached hydrogens (tertiary/aromatic N) is 1. The van der Waals surface area contributed by atoms with Gasteiger partial charge in [0.15, 0.2) is 0 Å². The molecule has 0 aliphatic heterocycles. The van der Waals surface area contributed by atoms with Gasteiger partial charge in [-0.1, -0.05) is 59.7 Å². The zero-order chi connectivity index (χ0) is 21.1. The zero-order valence-electron chi connectivity index (χ0n) is 17.6. The van der Waals surface area contributed by atoms with Gasteiger partial charge in [0.2, 0.25) is 0 Å². The van der Waals surface area contributed by atoms with E-state index in [0.29, 0.717) is 0 Å². The number of pyridine rings is 1. The number of rotatable bonds is 2. The third-order valence-corrected chi connectivity index (χ3v) is 6.32. The molecule has 0 saturated carbocycles. The van der Waals surface area contributed by atoms with Gasteiger partial charge >= 0.3 is 0 Å². The number of aromatic nitrogens is 1. The van der Waals surface area contributed by atoms with Crippen LogP contribution in [0.25, 0.3) is 54.6 Å². The van der Waals surface area contributed by atoms with Crippen molar-refractivity contribution >= 4 is 38.0 Å². The Hall–Kier alpha value is -3.91. The SMILES string of the molecule is Cc1ccc(-c2cc3cncc4cc(-c5ccc(C)cc5)c5cc(N)cc2c5c34)cc1. The lowest BCUT2D eigenvalue weighted by Crippen LogP contribution is -1.94. The van der Waals surface area contributed by atoms with Crippen LogP contribution in [-0.2, 0) is 0 Å². The van der Waals surface area contributed by atoms with Crippen molar-refractivity contribution in [1.29, 1.82) is 0 Å². The Bertz CT molecular complexity index is 1460. The first-order valence-electron chi connectivity index (χ1n) is 10.6. The summed E-state index contributed by atoms with van der Waals surface area (Å²) in [7, 11) is 0. The Labute approximate surface area is 181 Å². The number of hydrogen-bond donors (Lipinski definition) is 1. The molecular formula is C29H22N2. The van der Waals surface area contributed by atoms with Crippen LogP contribution in [0.4, 0.5) is 5.69 Å². The normalized spacial score (nSPS) is 11.7. The smallest absolute Gasteiger partial charge is 0.0347 e. The highest BCUT2D eigenvalue weighted by molar-refractivity contribution is 6.29. The number of nitrogen functional groups attached to an aromatic ring is 1. The third-order valence-electron chi connectivity index (χ3n) is 6.32. The second-order valence-electron chi connectivity index (χ2n) is 8.53. The summed E-state index contributed by atoms with van der Waals surface area (Å²) in [5.41, 5.74) is 14.5. The molecule has 0 atom stereocenters. The van der Waals surface area contributed by atoms with Crippen molar-refractivity contribution in [2.75, 3.05) is 5.73 Å². The fourth-order valence-electron chi connectivity index (χ4n) is 4.77. The molecule has 0 aliphatic carbocycles. The molecular weight excluding hydrogens is 376 g/mol. The van der Waals surface area contributed by atoms with E-state index in [2.05, 4.69) is 91.6 Å². The monoisotopic (exact) mass is 398 g/mol. The first kappa shape index (κ1) is 17.9. The van der Waals surface area contributed by atoms with Crippen LogP contribution < -0.4 is 5.73 Å². The Morgan fingerprint density at radius 2 is 1.03 bits per heavy atom. The Balaban J connectivity index is 1.81. The van der Waals surface area contributed by atoms with Crippen LogP contribution in [0.3, 0.4) is 0 Å². The molecule has 0 unspecified atom stereocenters. The zero-order valence-corrected chi connectivity index (χ0v) is 17.6. The summed E-state index contributed by atoms with van der Waals surface area (Å²) in [4.78, 5) is 4.56. The van der Waals surface area contributed by atoms with Crippen molar-refractivity contribution in [1.82, 2.24) is 4.98 Å². The predicted molar refractivity (Wildman–Crippen MR) is 133 cm³/mol. The number of aryl methyl sites for hydroxylation is 2. The molecule has 0 spiro atoms. The second-order valence-corrected chi connectivity index (χ2v) is 8.53. The average molecular weight is 399 g/mol. The molecule has 0 aliphatic rings. The lowest BCUT2D eigenvalue weighted by atomic mass is 9.86. The van der Waals surface area contributed by atoms with E-state index in [9.17, 15) is 0 Å². The molecule has 0 saturated heterocycles. The minimum absolute atomic E-state index is 0.783.